The van der Waals surface area contributed by atoms with Crippen molar-refractivity contribution in [3.05, 3.63) is 95.1 Å². The number of aromatic nitrogens is 8. The highest BCUT2D eigenvalue weighted by molar-refractivity contribution is 5.84. The van der Waals surface area contributed by atoms with E-state index in [0.717, 1.165) is 68.3 Å². The second kappa shape index (κ2) is 9.63. The fourth-order valence-electron chi connectivity index (χ4n) is 4.97. The van der Waals surface area contributed by atoms with Crippen LogP contribution in [0.15, 0.2) is 66.7 Å². The standard InChI is InChI=1S/C30H28N8/c1-5-27-33-28-18(2)15-20(4)32-30(28)38(27)17-21-9-11-22(12-10-21)25-16-23(26-8-6-7-19(3)31-26)13-14-24(25)29-34-36-37-35-29/h6-16H,5,17H2,1-4H3,(H,34,35,36,37). The number of benzene rings is 2. The van der Waals surface area contributed by atoms with Gasteiger partial charge in [0.2, 0.25) is 5.82 Å². The SMILES string of the molecule is CCc1nc2c(C)cc(C)nc2n1Cc1ccc(-c2cc(-c3cccc(C)n3)ccc2-c2nn[nH]n2)cc1. The zero-order chi connectivity index (χ0) is 26.2. The predicted octanol–water partition coefficient (Wildman–Crippen LogP) is 5.88. The van der Waals surface area contributed by atoms with E-state index in [4.69, 9.17) is 15.0 Å². The topological polar surface area (TPSA) is 98.1 Å². The number of hydrogen-bond acceptors (Lipinski definition) is 6. The molecule has 0 aliphatic heterocycles. The molecule has 4 aromatic heterocycles. The van der Waals surface area contributed by atoms with Crippen molar-refractivity contribution in [1.82, 2.24) is 40.1 Å². The van der Waals surface area contributed by atoms with Crippen molar-refractivity contribution in [3.8, 4) is 33.8 Å². The summed E-state index contributed by atoms with van der Waals surface area (Å²) >= 11 is 0. The van der Waals surface area contributed by atoms with Crippen molar-refractivity contribution in [3.63, 3.8) is 0 Å². The van der Waals surface area contributed by atoms with Gasteiger partial charge in [0.25, 0.3) is 0 Å². The van der Waals surface area contributed by atoms with Crippen LogP contribution in [-0.4, -0.2) is 40.1 Å². The van der Waals surface area contributed by atoms with Crippen LogP contribution in [0.25, 0.3) is 44.9 Å². The van der Waals surface area contributed by atoms with Crippen LogP contribution in [0.5, 0.6) is 0 Å². The largest absolute Gasteiger partial charge is 0.308 e. The zero-order valence-corrected chi connectivity index (χ0v) is 21.9. The van der Waals surface area contributed by atoms with Gasteiger partial charge in [0.05, 0.1) is 12.2 Å². The van der Waals surface area contributed by atoms with Gasteiger partial charge in [-0.2, -0.15) is 5.21 Å². The molecular weight excluding hydrogens is 472 g/mol. The molecule has 0 saturated heterocycles. The normalized spacial score (nSPS) is 11.4. The van der Waals surface area contributed by atoms with Crippen LogP contribution in [0, 0.1) is 20.8 Å². The number of nitrogens with one attached hydrogen (secondary N) is 1. The summed E-state index contributed by atoms with van der Waals surface area (Å²) in [6.45, 7) is 8.98. The highest BCUT2D eigenvalue weighted by atomic mass is 15.5. The van der Waals surface area contributed by atoms with Crippen molar-refractivity contribution in [2.24, 2.45) is 0 Å². The van der Waals surface area contributed by atoms with E-state index in [1.165, 1.54) is 5.56 Å². The first-order valence-electron chi connectivity index (χ1n) is 12.7. The van der Waals surface area contributed by atoms with Gasteiger partial charge in [0.15, 0.2) is 5.65 Å². The molecule has 0 saturated carbocycles. The number of fused-ring (bicyclic) bond motifs is 1. The van der Waals surface area contributed by atoms with Crippen LogP contribution in [0.3, 0.4) is 0 Å². The Bertz CT molecular complexity index is 1750. The molecule has 6 rings (SSSR count). The molecule has 8 heteroatoms. The zero-order valence-electron chi connectivity index (χ0n) is 21.9. The number of H-pyrrole nitrogens is 1. The van der Waals surface area contributed by atoms with Crippen molar-refractivity contribution in [1.29, 1.82) is 0 Å². The van der Waals surface area contributed by atoms with Gasteiger partial charge < -0.3 is 4.57 Å². The van der Waals surface area contributed by atoms with Crippen LogP contribution < -0.4 is 0 Å². The fraction of sp³-hybridized carbons (Fsp3) is 0.200. The average Bonchev–Trinajstić information content (AvgIpc) is 3.58. The highest BCUT2D eigenvalue weighted by Crippen LogP contribution is 2.34. The van der Waals surface area contributed by atoms with Gasteiger partial charge >= 0.3 is 0 Å². The maximum atomic E-state index is 4.89. The highest BCUT2D eigenvalue weighted by Gasteiger charge is 2.16. The van der Waals surface area contributed by atoms with Crippen molar-refractivity contribution in [2.45, 2.75) is 40.7 Å². The summed E-state index contributed by atoms with van der Waals surface area (Å²) in [5.74, 6) is 1.60. The van der Waals surface area contributed by atoms with Crippen molar-refractivity contribution in [2.75, 3.05) is 0 Å². The third kappa shape index (κ3) is 4.34. The van der Waals surface area contributed by atoms with Gasteiger partial charge in [-0.1, -0.05) is 43.3 Å². The number of hydrogen-bond donors (Lipinski definition) is 1. The van der Waals surface area contributed by atoms with Gasteiger partial charge in [-0.3, -0.25) is 4.98 Å². The molecule has 0 unspecified atom stereocenters. The second-order valence-electron chi connectivity index (χ2n) is 9.58. The number of imidazole rings is 1. The molecule has 0 atom stereocenters. The van der Waals surface area contributed by atoms with Crippen LogP contribution >= 0.6 is 0 Å². The summed E-state index contributed by atoms with van der Waals surface area (Å²) in [7, 11) is 0. The quantitative estimate of drug-likeness (QED) is 0.307. The van der Waals surface area contributed by atoms with E-state index in [1.54, 1.807) is 0 Å². The molecule has 0 aliphatic rings. The molecule has 0 radical (unpaired) electrons. The third-order valence-corrected chi connectivity index (χ3v) is 6.81. The van der Waals surface area contributed by atoms with Gasteiger partial charge in [0.1, 0.15) is 11.3 Å². The lowest BCUT2D eigenvalue weighted by atomic mass is 9.95. The molecule has 1 N–H and O–H groups in total. The Morgan fingerprint density at radius 2 is 1.61 bits per heavy atom. The Morgan fingerprint density at radius 1 is 0.789 bits per heavy atom. The molecular formula is C30H28N8. The number of aryl methyl sites for hydroxylation is 4. The van der Waals surface area contributed by atoms with E-state index in [9.17, 15) is 0 Å². The molecule has 2 aromatic carbocycles. The minimum Gasteiger partial charge on any atom is -0.308 e. The van der Waals surface area contributed by atoms with Crippen LogP contribution in [0.1, 0.15) is 35.3 Å². The molecule has 0 amide bonds. The summed E-state index contributed by atoms with van der Waals surface area (Å²) in [6, 6.07) is 23.0. The van der Waals surface area contributed by atoms with E-state index in [-0.39, 0.29) is 0 Å². The summed E-state index contributed by atoms with van der Waals surface area (Å²) in [4.78, 5) is 14.4. The monoisotopic (exact) mass is 500 g/mol. The van der Waals surface area contributed by atoms with Crippen molar-refractivity contribution >= 4 is 11.2 Å². The lowest BCUT2D eigenvalue weighted by molar-refractivity contribution is 0.745. The number of aromatic amines is 1. The second-order valence-corrected chi connectivity index (χ2v) is 9.58. The molecule has 0 fully saturated rings. The predicted molar refractivity (Wildman–Crippen MR) is 148 cm³/mol. The fourth-order valence-corrected chi connectivity index (χ4v) is 4.97. The molecule has 8 nitrogen and oxygen atoms in total. The number of pyridine rings is 2. The summed E-state index contributed by atoms with van der Waals surface area (Å²) < 4.78 is 2.24. The molecule has 6 aromatic rings. The van der Waals surface area contributed by atoms with E-state index in [1.807, 2.05) is 38.1 Å². The van der Waals surface area contributed by atoms with E-state index in [0.29, 0.717) is 12.4 Å². The first-order valence-corrected chi connectivity index (χ1v) is 12.7. The minimum atomic E-state index is 0.558. The maximum absolute atomic E-state index is 4.89. The van der Waals surface area contributed by atoms with Gasteiger partial charge in [0, 0.05) is 28.9 Å². The molecule has 0 aliphatic carbocycles. The first kappa shape index (κ1) is 23.7. The number of nitrogens with zero attached hydrogens (tertiary/aromatic N) is 7. The van der Waals surface area contributed by atoms with Crippen LogP contribution in [-0.2, 0) is 13.0 Å². The molecule has 0 bridgehead atoms. The van der Waals surface area contributed by atoms with Gasteiger partial charge in [-0.25, -0.2) is 9.97 Å². The Labute approximate surface area is 220 Å². The lowest BCUT2D eigenvalue weighted by Crippen LogP contribution is -2.05. The molecule has 38 heavy (non-hydrogen) atoms. The summed E-state index contributed by atoms with van der Waals surface area (Å²) in [5, 5.41) is 14.8. The number of rotatable bonds is 6. The molecule has 4 heterocycles. The van der Waals surface area contributed by atoms with Gasteiger partial charge in [-0.15, -0.1) is 10.2 Å². The van der Waals surface area contributed by atoms with E-state index in [2.05, 4.69) is 81.5 Å². The van der Waals surface area contributed by atoms with E-state index < -0.39 is 0 Å². The Morgan fingerprint density at radius 3 is 2.34 bits per heavy atom. The minimum absolute atomic E-state index is 0.558. The van der Waals surface area contributed by atoms with E-state index >= 15 is 0 Å². The van der Waals surface area contributed by atoms with Crippen LogP contribution in [0.4, 0.5) is 0 Å². The summed E-state index contributed by atoms with van der Waals surface area (Å²) in [5.41, 5.74) is 11.2. The molecule has 0 spiro atoms. The van der Waals surface area contributed by atoms with Gasteiger partial charge in [-0.05, 0) is 78.6 Å². The Kier molecular flexibility index (Phi) is 5.99. The third-order valence-electron chi connectivity index (χ3n) is 6.81. The lowest BCUT2D eigenvalue weighted by Gasteiger charge is -2.12. The Hall–Kier alpha value is -4.72. The number of tetrazole rings is 1. The van der Waals surface area contributed by atoms with Crippen LogP contribution in [0.2, 0.25) is 0 Å². The first-order chi connectivity index (χ1) is 18.5. The Balaban J connectivity index is 1.40. The smallest absolute Gasteiger partial charge is 0.205 e. The maximum Gasteiger partial charge on any atom is 0.205 e. The van der Waals surface area contributed by atoms with Crippen molar-refractivity contribution < 1.29 is 0 Å². The molecule has 188 valence electrons. The summed E-state index contributed by atoms with van der Waals surface area (Å²) in [6.07, 6.45) is 0.848. The average molecular weight is 501 g/mol.